The molecular weight excluding hydrogens is 231 g/mol. The molecule has 0 radical (unpaired) electrons. The Balaban J connectivity index is 3.10. The van der Waals surface area contributed by atoms with Gasteiger partial charge in [-0.15, -0.1) is 0 Å². The zero-order chi connectivity index (χ0) is 13.1. The minimum Gasteiger partial charge on any atom is -0.383 e. The standard InChI is InChI=1S/C12H12F3NO/c1-16(2)8-7-11(17)9-5-3-4-6-10(9)12(13,14)15/h3-8H,1-2H3/b8-7+. The number of alkyl halides is 3. The van der Waals surface area contributed by atoms with Gasteiger partial charge in [0.25, 0.3) is 0 Å². The molecule has 0 saturated heterocycles. The second kappa shape index (κ2) is 5.03. The summed E-state index contributed by atoms with van der Waals surface area (Å²) in [7, 11) is 3.36. The number of hydrogen-bond acceptors (Lipinski definition) is 2. The maximum Gasteiger partial charge on any atom is 0.417 e. The van der Waals surface area contributed by atoms with Crippen LogP contribution >= 0.6 is 0 Å². The predicted molar refractivity (Wildman–Crippen MR) is 58.6 cm³/mol. The van der Waals surface area contributed by atoms with Crippen molar-refractivity contribution in [3.8, 4) is 0 Å². The van der Waals surface area contributed by atoms with Gasteiger partial charge in [-0.05, 0) is 6.07 Å². The number of carbonyl (C=O) groups is 1. The number of carbonyl (C=O) groups excluding carboxylic acids is 1. The van der Waals surface area contributed by atoms with E-state index in [0.29, 0.717) is 0 Å². The summed E-state index contributed by atoms with van der Waals surface area (Å²) in [4.78, 5) is 13.2. The summed E-state index contributed by atoms with van der Waals surface area (Å²) < 4.78 is 37.9. The molecule has 0 aliphatic carbocycles. The Kier molecular flexibility index (Phi) is 3.93. The van der Waals surface area contributed by atoms with Gasteiger partial charge in [-0.25, -0.2) is 0 Å². The van der Waals surface area contributed by atoms with Crippen LogP contribution in [0, 0.1) is 0 Å². The summed E-state index contributed by atoms with van der Waals surface area (Å²) in [5, 5.41) is 0. The largest absolute Gasteiger partial charge is 0.417 e. The van der Waals surface area contributed by atoms with Crippen molar-refractivity contribution in [1.82, 2.24) is 4.90 Å². The van der Waals surface area contributed by atoms with Gasteiger partial charge in [-0.1, -0.05) is 18.2 Å². The Bertz CT molecular complexity index is 436. The lowest BCUT2D eigenvalue weighted by Crippen LogP contribution is -2.12. The van der Waals surface area contributed by atoms with E-state index in [9.17, 15) is 18.0 Å². The van der Waals surface area contributed by atoms with Crippen molar-refractivity contribution in [3.05, 3.63) is 47.7 Å². The van der Waals surface area contributed by atoms with E-state index in [4.69, 9.17) is 0 Å². The van der Waals surface area contributed by atoms with Crippen molar-refractivity contribution < 1.29 is 18.0 Å². The molecule has 0 fully saturated rings. The molecule has 1 rings (SSSR count). The molecule has 0 N–H and O–H groups in total. The lowest BCUT2D eigenvalue weighted by molar-refractivity contribution is -0.137. The van der Waals surface area contributed by atoms with Crippen molar-refractivity contribution in [2.24, 2.45) is 0 Å². The van der Waals surface area contributed by atoms with Gasteiger partial charge in [0.1, 0.15) is 0 Å². The summed E-state index contributed by atoms with van der Waals surface area (Å²) in [5.41, 5.74) is -1.24. The third-order valence-corrected chi connectivity index (χ3v) is 2.02. The number of halogens is 3. The van der Waals surface area contributed by atoms with Crippen molar-refractivity contribution >= 4 is 5.78 Å². The molecule has 0 aliphatic rings. The Morgan fingerprint density at radius 3 is 2.35 bits per heavy atom. The summed E-state index contributed by atoms with van der Waals surface area (Å²) in [5.74, 6) is -0.661. The molecule has 0 bridgehead atoms. The van der Waals surface area contributed by atoms with Crippen LogP contribution in [0.3, 0.4) is 0 Å². The Morgan fingerprint density at radius 1 is 1.24 bits per heavy atom. The minimum atomic E-state index is -4.52. The highest BCUT2D eigenvalue weighted by molar-refractivity contribution is 6.05. The van der Waals surface area contributed by atoms with Gasteiger partial charge in [0.05, 0.1) is 5.56 Å². The van der Waals surface area contributed by atoms with E-state index >= 15 is 0 Å². The molecule has 0 saturated carbocycles. The van der Waals surface area contributed by atoms with Gasteiger partial charge in [-0.3, -0.25) is 4.79 Å². The van der Waals surface area contributed by atoms with E-state index in [0.717, 1.165) is 12.1 Å². The quantitative estimate of drug-likeness (QED) is 0.601. The summed E-state index contributed by atoms with van der Waals surface area (Å²) in [6.45, 7) is 0. The van der Waals surface area contributed by atoms with Crippen LogP contribution < -0.4 is 0 Å². The van der Waals surface area contributed by atoms with Crippen LogP contribution in [0.2, 0.25) is 0 Å². The summed E-state index contributed by atoms with van der Waals surface area (Å²) in [6.07, 6.45) is -1.99. The molecule has 92 valence electrons. The molecule has 2 nitrogen and oxygen atoms in total. The fraction of sp³-hybridized carbons (Fsp3) is 0.250. The summed E-state index contributed by atoms with van der Waals surface area (Å²) in [6, 6.07) is 4.74. The van der Waals surface area contributed by atoms with Gasteiger partial charge in [0.2, 0.25) is 0 Å². The Hall–Kier alpha value is -1.78. The average Bonchev–Trinajstić information content (AvgIpc) is 2.24. The number of allylic oxidation sites excluding steroid dienone is 1. The normalized spacial score (nSPS) is 11.8. The first kappa shape index (κ1) is 13.3. The molecule has 0 unspecified atom stereocenters. The van der Waals surface area contributed by atoms with Crippen LogP contribution in [0.4, 0.5) is 13.2 Å². The molecule has 1 aromatic rings. The highest BCUT2D eigenvalue weighted by atomic mass is 19.4. The van der Waals surface area contributed by atoms with Gasteiger partial charge in [0.15, 0.2) is 5.78 Å². The van der Waals surface area contributed by atoms with Crippen molar-refractivity contribution in [3.63, 3.8) is 0 Å². The second-order valence-corrected chi connectivity index (χ2v) is 3.69. The van der Waals surface area contributed by atoms with Crippen molar-refractivity contribution in [2.75, 3.05) is 14.1 Å². The van der Waals surface area contributed by atoms with E-state index < -0.39 is 17.5 Å². The average molecular weight is 243 g/mol. The maximum atomic E-state index is 12.6. The molecule has 0 atom stereocenters. The highest BCUT2D eigenvalue weighted by Crippen LogP contribution is 2.32. The van der Waals surface area contributed by atoms with Crippen LogP contribution in [0.25, 0.3) is 0 Å². The Labute approximate surface area is 97.3 Å². The number of rotatable bonds is 3. The molecule has 0 spiro atoms. The van der Waals surface area contributed by atoms with Crippen LogP contribution in [-0.2, 0) is 6.18 Å². The number of benzene rings is 1. The molecule has 0 aliphatic heterocycles. The molecule has 0 aromatic heterocycles. The molecule has 1 aromatic carbocycles. The zero-order valence-electron chi connectivity index (χ0n) is 9.45. The fourth-order valence-electron chi connectivity index (χ4n) is 1.25. The van der Waals surface area contributed by atoms with Crippen LogP contribution in [0.5, 0.6) is 0 Å². The maximum absolute atomic E-state index is 12.6. The monoisotopic (exact) mass is 243 g/mol. The Morgan fingerprint density at radius 2 is 1.82 bits per heavy atom. The lowest BCUT2D eigenvalue weighted by Gasteiger charge is -2.10. The first-order valence-corrected chi connectivity index (χ1v) is 4.87. The van der Waals surface area contributed by atoms with Gasteiger partial charge >= 0.3 is 6.18 Å². The number of ketones is 1. The molecule has 5 heteroatoms. The second-order valence-electron chi connectivity index (χ2n) is 3.69. The van der Waals surface area contributed by atoms with E-state index in [2.05, 4.69) is 0 Å². The van der Waals surface area contributed by atoms with E-state index in [1.807, 2.05) is 0 Å². The predicted octanol–water partition coefficient (Wildman–Crippen LogP) is 2.96. The third-order valence-electron chi connectivity index (χ3n) is 2.02. The SMILES string of the molecule is CN(C)/C=C/C(=O)c1ccccc1C(F)(F)F. The topological polar surface area (TPSA) is 20.3 Å². The number of hydrogen-bond donors (Lipinski definition) is 0. The first-order chi connectivity index (χ1) is 7.82. The molecule has 0 heterocycles. The van der Waals surface area contributed by atoms with Gasteiger partial charge in [-0.2, -0.15) is 13.2 Å². The van der Waals surface area contributed by atoms with Crippen LogP contribution in [-0.4, -0.2) is 24.8 Å². The van der Waals surface area contributed by atoms with Crippen LogP contribution in [0.1, 0.15) is 15.9 Å². The van der Waals surface area contributed by atoms with E-state index in [-0.39, 0.29) is 5.56 Å². The highest BCUT2D eigenvalue weighted by Gasteiger charge is 2.34. The van der Waals surface area contributed by atoms with Crippen molar-refractivity contribution in [2.45, 2.75) is 6.18 Å². The zero-order valence-corrected chi connectivity index (χ0v) is 9.45. The fourth-order valence-corrected chi connectivity index (χ4v) is 1.25. The van der Waals surface area contributed by atoms with Gasteiger partial charge in [0, 0.05) is 31.9 Å². The van der Waals surface area contributed by atoms with Crippen molar-refractivity contribution in [1.29, 1.82) is 0 Å². The van der Waals surface area contributed by atoms with Crippen LogP contribution in [0.15, 0.2) is 36.5 Å². The number of nitrogens with zero attached hydrogens (tertiary/aromatic N) is 1. The third kappa shape index (κ3) is 3.62. The van der Waals surface area contributed by atoms with E-state index in [1.165, 1.54) is 24.4 Å². The molecule has 17 heavy (non-hydrogen) atoms. The molecule has 0 amide bonds. The minimum absolute atomic E-state index is 0.335. The van der Waals surface area contributed by atoms with E-state index in [1.54, 1.807) is 19.0 Å². The smallest absolute Gasteiger partial charge is 0.383 e. The lowest BCUT2D eigenvalue weighted by atomic mass is 10.0. The van der Waals surface area contributed by atoms with Gasteiger partial charge < -0.3 is 4.90 Å². The first-order valence-electron chi connectivity index (χ1n) is 4.87. The summed E-state index contributed by atoms with van der Waals surface area (Å²) >= 11 is 0. The molecular formula is C12H12F3NO.